The zero-order valence-corrected chi connectivity index (χ0v) is 35.5. The molecule has 0 amide bonds. The molecule has 5 aromatic heterocycles. The molecule has 6 heteroatoms. The number of aromatic nitrogens is 5. The molecule has 14 aromatic rings. The van der Waals surface area contributed by atoms with Crippen LogP contribution in [0, 0.1) is 11.3 Å². The fourth-order valence-corrected chi connectivity index (χ4v) is 10.9. The van der Waals surface area contributed by atoms with E-state index in [-0.39, 0.29) is 0 Å². The molecule has 0 aliphatic carbocycles. The molecule has 306 valence electrons. The number of hydrogen-bond donors (Lipinski definition) is 0. The molecule has 0 aliphatic heterocycles. The van der Waals surface area contributed by atoms with Gasteiger partial charge in [0, 0.05) is 72.4 Å². The summed E-state index contributed by atoms with van der Waals surface area (Å²) in [4.78, 5) is 4.35. The molecule has 0 radical (unpaired) electrons. The van der Waals surface area contributed by atoms with Crippen molar-refractivity contribution in [3.63, 3.8) is 0 Å². The molecule has 0 bridgehead atoms. The highest BCUT2D eigenvalue weighted by Gasteiger charge is 2.24. The average molecular weight is 841 g/mol. The minimum Gasteiger partial charge on any atom is -0.309 e. The lowest BCUT2D eigenvalue weighted by Gasteiger charge is -2.20. The molecule has 0 saturated carbocycles. The van der Waals surface area contributed by atoms with Crippen LogP contribution in [-0.4, -0.2) is 23.3 Å². The maximum atomic E-state index is 11.1. The van der Waals surface area contributed by atoms with Gasteiger partial charge in [-0.25, -0.2) is 0 Å². The Bertz CT molecular complexity index is 4260. The minimum absolute atomic E-state index is 0.580. The first-order valence-corrected chi connectivity index (χ1v) is 22.3. The third-order valence-electron chi connectivity index (χ3n) is 13.7. The number of para-hydroxylation sites is 6. The largest absolute Gasteiger partial charge is 0.309 e. The van der Waals surface area contributed by atoms with E-state index in [1.807, 2.05) is 12.1 Å². The van der Waals surface area contributed by atoms with Crippen molar-refractivity contribution in [3.05, 3.63) is 224 Å². The Morgan fingerprint density at radius 1 is 0.318 bits per heavy atom. The third kappa shape index (κ3) is 5.08. The van der Waals surface area contributed by atoms with E-state index in [2.05, 4.69) is 223 Å². The van der Waals surface area contributed by atoms with E-state index >= 15 is 0 Å². The van der Waals surface area contributed by atoms with Crippen LogP contribution in [0.15, 0.2) is 219 Å². The number of benzene rings is 9. The van der Waals surface area contributed by atoms with E-state index in [1.165, 1.54) is 21.5 Å². The predicted octanol–water partition coefficient (Wildman–Crippen LogP) is 15.0. The molecule has 66 heavy (non-hydrogen) atoms. The molecule has 0 spiro atoms. The SMILES string of the molecule is N#Cc1cc(-n2c3ccccc3c3ccc(-n4c5ccccc5c5ccccc54)cc32)c(-n2c3ccccc3c3ccc(-n4c5ccccc5c5ccccc54)cc32)cc1-c1ccncc1. The van der Waals surface area contributed by atoms with Crippen molar-refractivity contribution in [3.8, 4) is 39.9 Å². The summed E-state index contributed by atoms with van der Waals surface area (Å²) in [5, 5.41) is 20.5. The number of pyridine rings is 1. The van der Waals surface area contributed by atoms with Crippen LogP contribution in [0.4, 0.5) is 0 Å². The van der Waals surface area contributed by atoms with Crippen molar-refractivity contribution in [1.82, 2.24) is 23.3 Å². The van der Waals surface area contributed by atoms with Crippen molar-refractivity contribution in [1.29, 1.82) is 5.26 Å². The summed E-state index contributed by atoms with van der Waals surface area (Å²) in [6.45, 7) is 0. The van der Waals surface area contributed by atoms with Crippen LogP contribution >= 0.6 is 0 Å². The van der Waals surface area contributed by atoms with Crippen LogP contribution in [0.1, 0.15) is 5.56 Å². The van der Waals surface area contributed by atoms with E-state index in [9.17, 15) is 5.26 Å². The summed E-state index contributed by atoms with van der Waals surface area (Å²) >= 11 is 0. The normalized spacial score (nSPS) is 11.9. The molecule has 0 saturated heterocycles. The average Bonchev–Trinajstić information content (AvgIpc) is 4.11. The fourth-order valence-electron chi connectivity index (χ4n) is 10.9. The van der Waals surface area contributed by atoms with E-state index in [0.717, 1.165) is 99.6 Å². The van der Waals surface area contributed by atoms with Crippen molar-refractivity contribution < 1.29 is 0 Å². The predicted molar refractivity (Wildman–Crippen MR) is 272 cm³/mol. The first-order chi connectivity index (χ1) is 32.7. The number of nitriles is 1. The lowest BCUT2D eigenvalue weighted by molar-refractivity contribution is 1.09. The van der Waals surface area contributed by atoms with Crippen molar-refractivity contribution in [2.75, 3.05) is 0 Å². The van der Waals surface area contributed by atoms with E-state index < -0.39 is 0 Å². The smallest absolute Gasteiger partial charge is 0.0998 e. The number of nitrogens with zero attached hydrogens (tertiary/aromatic N) is 6. The molecule has 0 unspecified atom stereocenters. The molecule has 9 aromatic carbocycles. The van der Waals surface area contributed by atoms with Gasteiger partial charge in [0.05, 0.1) is 67.1 Å². The third-order valence-corrected chi connectivity index (χ3v) is 13.7. The summed E-state index contributed by atoms with van der Waals surface area (Å²) in [5.41, 5.74) is 15.2. The Hall–Kier alpha value is -9.18. The monoisotopic (exact) mass is 840 g/mol. The molecule has 0 N–H and O–H groups in total. The van der Waals surface area contributed by atoms with Crippen molar-refractivity contribution in [2.45, 2.75) is 0 Å². The number of fused-ring (bicyclic) bond motifs is 12. The van der Waals surface area contributed by atoms with E-state index in [4.69, 9.17) is 0 Å². The second-order valence-electron chi connectivity index (χ2n) is 17.1. The molecule has 0 atom stereocenters. The van der Waals surface area contributed by atoms with Gasteiger partial charge < -0.3 is 18.3 Å². The maximum Gasteiger partial charge on any atom is 0.0998 e. The summed E-state index contributed by atoms with van der Waals surface area (Å²) in [7, 11) is 0. The van der Waals surface area contributed by atoms with Gasteiger partial charge in [0.25, 0.3) is 0 Å². The van der Waals surface area contributed by atoms with Gasteiger partial charge in [0.2, 0.25) is 0 Å². The summed E-state index contributed by atoms with van der Waals surface area (Å²) < 4.78 is 9.56. The van der Waals surface area contributed by atoms with Gasteiger partial charge in [-0.1, -0.05) is 121 Å². The van der Waals surface area contributed by atoms with Crippen LogP contribution in [0.5, 0.6) is 0 Å². The second-order valence-corrected chi connectivity index (χ2v) is 17.1. The molecular weight excluding hydrogens is 805 g/mol. The summed E-state index contributed by atoms with van der Waals surface area (Å²) in [6.07, 6.45) is 3.59. The van der Waals surface area contributed by atoms with Crippen LogP contribution in [0.2, 0.25) is 0 Å². The van der Waals surface area contributed by atoms with Crippen molar-refractivity contribution >= 4 is 87.2 Å². The highest BCUT2D eigenvalue weighted by atomic mass is 15.1. The number of rotatable bonds is 5. The topological polar surface area (TPSA) is 56.4 Å². The van der Waals surface area contributed by atoms with Crippen LogP contribution < -0.4 is 0 Å². The molecule has 6 nitrogen and oxygen atoms in total. The Labute approximate surface area is 378 Å². The standard InChI is InChI=1S/C60H36N6/c61-37-39-33-59(65-55-23-11-5-17-46(55)48-27-25-40(34-57(48)65)63-51-19-7-1-13-42(51)43-14-2-8-20-52(43)63)60(36-50(39)38-29-31-62-32-30-38)66-56-24-12-6-18-47(56)49-28-26-41(35-58(49)66)64-53-21-9-3-15-44(53)45-16-4-10-22-54(45)64/h1-36H. The zero-order valence-electron chi connectivity index (χ0n) is 35.5. The van der Waals surface area contributed by atoms with Gasteiger partial charge in [-0.3, -0.25) is 4.98 Å². The second kappa shape index (κ2) is 13.9. The Balaban J connectivity index is 1.12. The lowest BCUT2D eigenvalue weighted by atomic mass is 9.99. The van der Waals surface area contributed by atoms with Gasteiger partial charge in [0.1, 0.15) is 0 Å². The zero-order chi connectivity index (χ0) is 43.5. The van der Waals surface area contributed by atoms with E-state index in [1.54, 1.807) is 12.4 Å². The maximum absolute atomic E-state index is 11.1. The molecular formula is C60H36N6. The highest BCUT2D eigenvalue weighted by molar-refractivity contribution is 6.14. The molecule has 14 rings (SSSR count). The van der Waals surface area contributed by atoms with Gasteiger partial charge in [0.15, 0.2) is 0 Å². The first-order valence-electron chi connectivity index (χ1n) is 22.3. The van der Waals surface area contributed by atoms with Gasteiger partial charge in [-0.15, -0.1) is 0 Å². The number of hydrogen-bond acceptors (Lipinski definition) is 2. The first kappa shape index (κ1) is 36.3. The lowest BCUT2D eigenvalue weighted by Crippen LogP contribution is -2.06. The van der Waals surface area contributed by atoms with Crippen LogP contribution in [0.3, 0.4) is 0 Å². The molecule has 0 aliphatic rings. The van der Waals surface area contributed by atoms with Crippen LogP contribution in [0.25, 0.3) is 121 Å². The van der Waals surface area contributed by atoms with Gasteiger partial charge in [-0.2, -0.15) is 5.26 Å². The van der Waals surface area contributed by atoms with Crippen molar-refractivity contribution in [2.24, 2.45) is 0 Å². The van der Waals surface area contributed by atoms with E-state index in [0.29, 0.717) is 5.56 Å². The molecule has 5 heterocycles. The van der Waals surface area contributed by atoms with Crippen LogP contribution in [-0.2, 0) is 0 Å². The summed E-state index contributed by atoms with van der Waals surface area (Å²) in [5.74, 6) is 0. The molecule has 0 fully saturated rings. The summed E-state index contributed by atoms with van der Waals surface area (Å²) in [6, 6.07) is 76.6. The Morgan fingerprint density at radius 2 is 0.652 bits per heavy atom. The fraction of sp³-hybridized carbons (Fsp3) is 0. The van der Waals surface area contributed by atoms with Gasteiger partial charge >= 0.3 is 0 Å². The van der Waals surface area contributed by atoms with Gasteiger partial charge in [-0.05, 0) is 90.5 Å². The Morgan fingerprint density at radius 3 is 1.03 bits per heavy atom. The minimum atomic E-state index is 0.580. The quantitative estimate of drug-likeness (QED) is 0.173. The highest BCUT2D eigenvalue weighted by Crippen LogP contribution is 2.43. The Kier molecular flexibility index (Phi) is 7.65.